The normalized spacial score (nSPS) is 10.7. The van der Waals surface area contributed by atoms with Crippen LogP contribution in [0.2, 0.25) is 0 Å². The molecule has 0 atom stereocenters. The van der Waals surface area contributed by atoms with E-state index in [1.54, 1.807) is 7.11 Å². The highest BCUT2D eigenvalue weighted by atomic mass is 16.5. The average molecular weight is 289 g/mol. The van der Waals surface area contributed by atoms with Gasteiger partial charge in [-0.1, -0.05) is 0 Å². The fraction of sp³-hybridized carbons (Fsp3) is 0.333. The van der Waals surface area contributed by atoms with E-state index in [1.807, 2.05) is 26.0 Å². The summed E-state index contributed by atoms with van der Waals surface area (Å²) < 4.78 is 6.81. The number of anilines is 1. The average Bonchev–Trinajstić information content (AvgIpc) is 2.78. The molecule has 6 nitrogen and oxygen atoms in total. The topological polar surface area (TPSA) is 90.4 Å². The van der Waals surface area contributed by atoms with E-state index in [-0.39, 0.29) is 19.0 Å². The Morgan fingerprint density at radius 2 is 2.05 bits per heavy atom. The maximum absolute atomic E-state index is 11.4. The second-order valence-corrected chi connectivity index (χ2v) is 4.85. The summed E-state index contributed by atoms with van der Waals surface area (Å²) in [5, 5.41) is 13.4. The van der Waals surface area contributed by atoms with Crippen LogP contribution in [0.5, 0.6) is 5.75 Å². The second kappa shape index (κ2) is 5.97. The van der Waals surface area contributed by atoms with Crippen LogP contribution in [-0.4, -0.2) is 34.9 Å². The standard InChI is InChI=1S/C15H19N3O3/c1-9-6-11(13(21-3)7-10(9)2)14-12(8-20)15(16)18(17-14)4-5-19/h6-8,19H,4-5,16H2,1-3H3. The van der Waals surface area contributed by atoms with Gasteiger partial charge in [0.15, 0.2) is 6.29 Å². The molecule has 0 amide bonds. The Morgan fingerprint density at radius 1 is 1.38 bits per heavy atom. The third-order valence-electron chi connectivity index (χ3n) is 3.53. The van der Waals surface area contributed by atoms with Crippen LogP contribution in [0.4, 0.5) is 5.82 Å². The number of nitrogens with two attached hydrogens (primary N) is 1. The number of benzene rings is 1. The Hall–Kier alpha value is -2.34. The molecular weight excluding hydrogens is 270 g/mol. The van der Waals surface area contributed by atoms with E-state index in [4.69, 9.17) is 15.6 Å². The smallest absolute Gasteiger partial charge is 0.156 e. The fourth-order valence-corrected chi connectivity index (χ4v) is 2.21. The predicted molar refractivity (Wildman–Crippen MR) is 80.6 cm³/mol. The molecule has 21 heavy (non-hydrogen) atoms. The summed E-state index contributed by atoms with van der Waals surface area (Å²) >= 11 is 0. The number of aryl methyl sites for hydroxylation is 2. The van der Waals surface area contributed by atoms with Gasteiger partial charge in [-0.15, -0.1) is 0 Å². The van der Waals surface area contributed by atoms with Gasteiger partial charge in [-0.05, 0) is 37.1 Å². The van der Waals surface area contributed by atoms with Gasteiger partial charge < -0.3 is 15.6 Å². The number of nitrogens with zero attached hydrogens (tertiary/aromatic N) is 2. The van der Waals surface area contributed by atoms with Crippen molar-refractivity contribution in [2.45, 2.75) is 20.4 Å². The Balaban J connectivity index is 2.69. The zero-order chi connectivity index (χ0) is 15.6. The van der Waals surface area contributed by atoms with Gasteiger partial charge in [-0.25, -0.2) is 4.68 Å². The van der Waals surface area contributed by atoms with Gasteiger partial charge in [0, 0.05) is 5.56 Å². The molecular formula is C15H19N3O3. The van der Waals surface area contributed by atoms with Crippen LogP contribution >= 0.6 is 0 Å². The quantitative estimate of drug-likeness (QED) is 0.815. The van der Waals surface area contributed by atoms with Crippen molar-refractivity contribution in [3.8, 4) is 17.0 Å². The summed E-state index contributed by atoms with van der Waals surface area (Å²) in [6, 6.07) is 3.83. The lowest BCUT2D eigenvalue weighted by atomic mass is 10.0. The van der Waals surface area contributed by atoms with Crippen LogP contribution in [0.1, 0.15) is 21.5 Å². The van der Waals surface area contributed by atoms with E-state index >= 15 is 0 Å². The van der Waals surface area contributed by atoms with Gasteiger partial charge in [0.2, 0.25) is 0 Å². The van der Waals surface area contributed by atoms with Crippen LogP contribution in [0.15, 0.2) is 12.1 Å². The molecule has 112 valence electrons. The molecule has 0 fully saturated rings. The molecule has 0 aliphatic heterocycles. The fourth-order valence-electron chi connectivity index (χ4n) is 2.21. The number of hydrogen-bond donors (Lipinski definition) is 2. The molecule has 2 aromatic rings. The van der Waals surface area contributed by atoms with Crippen LogP contribution in [0.25, 0.3) is 11.3 Å². The summed E-state index contributed by atoms with van der Waals surface area (Å²) in [4.78, 5) is 11.4. The maximum Gasteiger partial charge on any atom is 0.156 e. The maximum atomic E-state index is 11.4. The second-order valence-electron chi connectivity index (χ2n) is 4.85. The highest BCUT2D eigenvalue weighted by Gasteiger charge is 2.20. The number of rotatable bonds is 5. The zero-order valence-electron chi connectivity index (χ0n) is 12.4. The van der Waals surface area contributed by atoms with Crippen LogP contribution in [0.3, 0.4) is 0 Å². The first-order chi connectivity index (χ1) is 10.0. The number of carbonyl (C=O) groups is 1. The van der Waals surface area contributed by atoms with Gasteiger partial charge in [0.25, 0.3) is 0 Å². The van der Waals surface area contributed by atoms with Crippen molar-refractivity contribution in [2.75, 3.05) is 19.5 Å². The molecule has 1 aromatic heterocycles. The van der Waals surface area contributed by atoms with E-state index in [1.165, 1.54) is 4.68 Å². The first-order valence-corrected chi connectivity index (χ1v) is 6.61. The summed E-state index contributed by atoms with van der Waals surface area (Å²) in [5.41, 5.74) is 9.56. The van der Waals surface area contributed by atoms with Crippen LogP contribution < -0.4 is 10.5 Å². The van der Waals surface area contributed by atoms with Crippen molar-refractivity contribution in [3.63, 3.8) is 0 Å². The highest BCUT2D eigenvalue weighted by molar-refractivity contribution is 5.93. The molecule has 0 aliphatic carbocycles. The molecule has 0 saturated heterocycles. The van der Waals surface area contributed by atoms with Crippen molar-refractivity contribution >= 4 is 12.1 Å². The van der Waals surface area contributed by atoms with Crippen LogP contribution in [0, 0.1) is 13.8 Å². The molecule has 6 heteroatoms. The summed E-state index contributed by atoms with van der Waals surface area (Å²) in [7, 11) is 1.57. The number of aliphatic hydroxyl groups is 1. The van der Waals surface area contributed by atoms with Gasteiger partial charge in [0.1, 0.15) is 17.3 Å². The lowest BCUT2D eigenvalue weighted by Gasteiger charge is -2.10. The van der Waals surface area contributed by atoms with Crippen molar-refractivity contribution in [3.05, 3.63) is 28.8 Å². The number of methoxy groups -OCH3 is 1. The van der Waals surface area contributed by atoms with E-state index in [9.17, 15) is 4.79 Å². The Kier molecular flexibility index (Phi) is 4.28. The Bertz CT molecular complexity index is 677. The number of hydrogen-bond acceptors (Lipinski definition) is 5. The van der Waals surface area contributed by atoms with Gasteiger partial charge in [0.05, 0.1) is 25.8 Å². The van der Waals surface area contributed by atoms with E-state index < -0.39 is 0 Å². The monoisotopic (exact) mass is 289 g/mol. The zero-order valence-corrected chi connectivity index (χ0v) is 12.4. The summed E-state index contributed by atoms with van der Waals surface area (Å²) in [6.45, 7) is 4.10. The first-order valence-electron chi connectivity index (χ1n) is 6.61. The molecule has 0 bridgehead atoms. The minimum atomic E-state index is -0.103. The van der Waals surface area contributed by atoms with Crippen LogP contribution in [-0.2, 0) is 6.54 Å². The molecule has 1 heterocycles. The first kappa shape index (κ1) is 15.1. The number of aromatic nitrogens is 2. The number of nitrogen functional groups attached to an aromatic ring is 1. The summed E-state index contributed by atoms with van der Waals surface area (Å²) in [5.74, 6) is 0.879. The predicted octanol–water partition coefficient (Wildman–Crippen LogP) is 1.56. The molecule has 3 N–H and O–H groups in total. The third kappa shape index (κ3) is 2.62. The van der Waals surface area contributed by atoms with Crippen molar-refractivity contribution in [2.24, 2.45) is 0 Å². The molecule has 2 rings (SSSR count). The van der Waals surface area contributed by atoms with E-state index in [0.717, 1.165) is 11.1 Å². The van der Waals surface area contributed by atoms with Gasteiger partial charge in [-0.3, -0.25) is 4.79 Å². The molecule has 1 aromatic carbocycles. The lowest BCUT2D eigenvalue weighted by Crippen LogP contribution is -2.08. The van der Waals surface area contributed by atoms with E-state index in [0.29, 0.717) is 28.9 Å². The minimum Gasteiger partial charge on any atom is -0.496 e. The number of ether oxygens (including phenoxy) is 1. The minimum absolute atomic E-state index is 0.103. The molecule has 0 saturated carbocycles. The number of carbonyl (C=O) groups excluding carboxylic acids is 1. The van der Waals surface area contributed by atoms with Crippen molar-refractivity contribution < 1.29 is 14.6 Å². The van der Waals surface area contributed by atoms with E-state index in [2.05, 4.69) is 5.10 Å². The summed E-state index contributed by atoms with van der Waals surface area (Å²) in [6.07, 6.45) is 0.681. The van der Waals surface area contributed by atoms with Crippen molar-refractivity contribution in [1.82, 2.24) is 9.78 Å². The lowest BCUT2D eigenvalue weighted by molar-refractivity contribution is 0.112. The molecule has 0 spiro atoms. The van der Waals surface area contributed by atoms with Gasteiger partial charge >= 0.3 is 0 Å². The molecule has 0 radical (unpaired) electrons. The number of aldehydes is 1. The number of aliphatic hydroxyl groups excluding tert-OH is 1. The van der Waals surface area contributed by atoms with Gasteiger partial charge in [-0.2, -0.15) is 5.10 Å². The third-order valence-corrected chi connectivity index (χ3v) is 3.53. The highest BCUT2D eigenvalue weighted by Crippen LogP contribution is 2.35. The Labute approximate surface area is 123 Å². The SMILES string of the molecule is COc1cc(C)c(C)cc1-c1nn(CCO)c(N)c1C=O. The Morgan fingerprint density at radius 3 is 2.62 bits per heavy atom. The molecule has 0 unspecified atom stereocenters. The molecule has 0 aliphatic rings. The van der Waals surface area contributed by atoms with Crippen molar-refractivity contribution in [1.29, 1.82) is 0 Å². The largest absolute Gasteiger partial charge is 0.496 e.